The van der Waals surface area contributed by atoms with Crippen molar-refractivity contribution in [3.63, 3.8) is 0 Å². The van der Waals surface area contributed by atoms with Crippen LogP contribution in [0.5, 0.6) is 0 Å². The summed E-state index contributed by atoms with van der Waals surface area (Å²) in [6.45, 7) is 15.0. The van der Waals surface area contributed by atoms with Gasteiger partial charge in [0.1, 0.15) is 0 Å². The van der Waals surface area contributed by atoms with Crippen LogP contribution < -0.4 is 0 Å². The molecule has 1 aliphatic carbocycles. The van der Waals surface area contributed by atoms with Gasteiger partial charge in [0.25, 0.3) is 0 Å². The zero-order valence-electron chi connectivity index (χ0n) is 31.2. The third-order valence-corrected chi connectivity index (χ3v) is 13.7. The number of hydrogen-bond acceptors (Lipinski definition) is 3. The van der Waals surface area contributed by atoms with Crippen molar-refractivity contribution >= 4 is 50.4 Å². The number of fused-ring (bicyclic) bond motifs is 4. The Morgan fingerprint density at radius 2 is 1.56 bits per heavy atom. The molecule has 0 bridgehead atoms. The van der Waals surface area contributed by atoms with Gasteiger partial charge in [0, 0.05) is 38.0 Å². The second-order valence-corrected chi connectivity index (χ2v) is 16.6. The van der Waals surface area contributed by atoms with Crippen molar-refractivity contribution in [3.8, 4) is 11.3 Å². The smallest absolute Gasteiger partial charge is 0 e. The summed E-state index contributed by atoms with van der Waals surface area (Å²) >= 11 is 0.276. The minimum Gasteiger partial charge on any atom is 0 e. The molecule has 6 rings (SSSR count). The summed E-state index contributed by atoms with van der Waals surface area (Å²) in [7, 11) is 0. The fourth-order valence-electron chi connectivity index (χ4n) is 7.70. The molecule has 0 atom stereocenters. The Hall–Kier alpha value is -2.55. The van der Waals surface area contributed by atoms with E-state index in [0.29, 0.717) is 5.92 Å². The van der Waals surface area contributed by atoms with E-state index in [0.717, 1.165) is 42.9 Å². The average Bonchev–Trinajstić information content (AvgIpc) is 3.50. The number of carbonyl (C=O) groups is 1. The van der Waals surface area contributed by atoms with Crippen molar-refractivity contribution in [2.45, 2.75) is 119 Å². The monoisotopic (exact) mass is 915 g/mol. The normalized spacial score (nSPS) is 14.1. The van der Waals surface area contributed by atoms with Gasteiger partial charge in [-0.2, -0.15) is 0 Å². The molecular weight excluding hydrogens is 858 g/mol. The first-order valence-corrected chi connectivity index (χ1v) is 20.6. The van der Waals surface area contributed by atoms with Crippen LogP contribution in [-0.2, 0) is 31.3 Å². The van der Waals surface area contributed by atoms with Crippen LogP contribution in [-0.4, -0.2) is 30.4 Å². The van der Waals surface area contributed by atoms with Crippen molar-refractivity contribution < 1.29 is 30.0 Å². The molecule has 0 spiro atoms. The van der Waals surface area contributed by atoms with Crippen molar-refractivity contribution in [2.75, 3.05) is 0 Å². The van der Waals surface area contributed by atoms with E-state index in [4.69, 9.17) is 4.98 Å². The van der Waals surface area contributed by atoms with Crippen LogP contribution in [0.15, 0.2) is 66.6 Å². The van der Waals surface area contributed by atoms with E-state index in [1.165, 1.54) is 81.5 Å². The SMILES string of the molecule is CCC(CC)C(=O)/C=C(\O)C(CC)CC.Cc1c(CC2CCCCC2)ccc2c1[se]c1c(-c3[c-]c4ccccc4c(C(C)C)c3)nccc12.[Ir]. The summed E-state index contributed by atoms with van der Waals surface area (Å²) in [6, 6.07) is 21.8. The van der Waals surface area contributed by atoms with Crippen molar-refractivity contribution in [3.05, 3.63) is 89.3 Å². The molecule has 50 heavy (non-hydrogen) atoms. The molecule has 1 fully saturated rings. The van der Waals surface area contributed by atoms with Crippen LogP contribution in [0.4, 0.5) is 0 Å². The summed E-state index contributed by atoms with van der Waals surface area (Å²) in [5, 5.41) is 15.1. The molecule has 1 radical (unpaired) electrons. The molecule has 3 nitrogen and oxygen atoms in total. The Balaban J connectivity index is 0.000000301. The number of aliphatic hydroxyl groups is 1. The number of aliphatic hydroxyl groups excluding tert-OH is 1. The molecule has 1 N–H and O–H groups in total. The van der Waals surface area contributed by atoms with Gasteiger partial charge in [-0.05, 0) is 25.7 Å². The van der Waals surface area contributed by atoms with E-state index in [9.17, 15) is 9.90 Å². The number of aromatic nitrogens is 1. The number of aryl methyl sites for hydroxylation is 1. The Morgan fingerprint density at radius 1 is 0.900 bits per heavy atom. The largest absolute Gasteiger partial charge is 0 e. The van der Waals surface area contributed by atoms with Gasteiger partial charge >= 0.3 is 209 Å². The van der Waals surface area contributed by atoms with Crippen LogP contribution in [0.2, 0.25) is 0 Å². The van der Waals surface area contributed by atoms with Crippen LogP contribution in [0.1, 0.15) is 122 Å². The van der Waals surface area contributed by atoms with Gasteiger partial charge in [-0.15, -0.1) is 0 Å². The first kappa shape index (κ1) is 40.2. The number of pyridine rings is 1. The number of rotatable bonds is 11. The Morgan fingerprint density at radius 3 is 2.22 bits per heavy atom. The minimum atomic E-state index is 0. The van der Waals surface area contributed by atoms with Gasteiger partial charge in [0.2, 0.25) is 0 Å². The Kier molecular flexibility index (Phi) is 15.1. The van der Waals surface area contributed by atoms with Crippen molar-refractivity contribution in [1.29, 1.82) is 0 Å². The molecule has 0 amide bonds. The average molecular weight is 914 g/mol. The fourth-order valence-corrected chi connectivity index (χ4v) is 10.5. The van der Waals surface area contributed by atoms with Crippen LogP contribution in [0.25, 0.3) is 41.3 Å². The minimum absolute atomic E-state index is 0. The molecule has 5 aromatic rings. The molecule has 0 unspecified atom stereocenters. The molecule has 2 aromatic heterocycles. The van der Waals surface area contributed by atoms with Gasteiger partial charge in [0.15, 0.2) is 5.78 Å². The van der Waals surface area contributed by atoms with Gasteiger partial charge in [-0.1, -0.05) is 27.7 Å². The summed E-state index contributed by atoms with van der Waals surface area (Å²) in [5.74, 6) is 1.88. The summed E-state index contributed by atoms with van der Waals surface area (Å²) in [4.78, 5) is 16.7. The van der Waals surface area contributed by atoms with Crippen molar-refractivity contribution in [1.82, 2.24) is 4.98 Å². The van der Waals surface area contributed by atoms with E-state index >= 15 is 0 Å². The second-order valence-electron chi connectivity index (χ2n) is 14.4. The predicted octanol–water partition coefficient (Wildman–Crippen LogP) is 12.5. The number of carbonyl (C=O) groups excluding carboxylic acids is 1. The molecule has 0 saturated heterocycles. The molecule has 2 heterocycles. The maximum Gasteiger partial charge on any atom is 0 e. The third kappa shape index (κ3) is 9.08. The summed E-state index contributed by atoms with van der Waals surface area (Å²) < 4.78 is 3.01. The topological polar surface area (TPSA) is 50.2 Å². The molecule has 269 valence electrons. The molecule has 3 aromatic carbocycles. The van der Waals surface area contributed by atoms with Gasteiger partial charge in [-0.25, -0.2) is 0 Å². The zero-order valence-corrected chi connectivity index (χ0v) is 35.3. The van der Waals surface area contributed by atoms with Crippen LogP contribution in [0.3, 0.4) is 0 Å². The molecule has 5 heteroatoms. The summed E-state index contributed by atoms with van der Waals surface area (Å²) in [6.07, 6.45) is 15.2. The molecule has 0 aliphatic heterocycles. The van der Waals surface area contributed by atoms with E-state index < -0.39 is 0 Å². The number of ketones is 1. The Bertz CT molecular complexity index is 1910. The first-order chi connectivity index (χ1) is 23.7. The maximum atomic E-state index is 11.7. The molecular formula is C45H56IrNO2Se-. The first-order valence-electron chi connectivity index (χ1n) is 18.9. The second kappa shape index (κ2) is 18.8. The van der Waals surface area contributed by atoms with E-state index in [1.807, 2.05) is 33.9 Å². The number of allylic oxidation sites excluding steroid dienone is 2. The summed E-state index contributed by atoms with van der Waals surface area (Å²) in [5.41, 5.74) is 6.78. The van der Waals surface area contributed by atoms with Gasteiger partial charge in [0.05, 0.1) is 5.76 Å². The zero-order chi connectivity index (χ0) is 35.1. The third-order valence-electron chi connectivity index (χ3n) is 10.9. The standard InChI is InChI=1S/C32H32NSe.C13H24O2.Ir/c1-20(2)29-19-25(18-24-11-7-8-12-26(24)29)30-32-28(15-16-33-30)27-14-13-23(21(3)31(27)34-32)17-22-9-5-4-6-10-22;1-5-10(6-2)12(14)9-13(15)11(7-3)8-4;/h7-8,11-16,19-20,22H,4-6,9-10,17H2,1-3H3;9-11,14H,5-8H2,1-4H3;/q-1;;/b;12-9-;. The number of benzene rings is 3. The number of hydrogen-bond donors (Lipinski definition) is 1. The molecule has 1 aliphatic rings. The maximum absolute atomic E-state index is 11.7. The predicted molar refractivity (Wildman–Crippen MR) is 211 cm³/mol. The van der Waals surface area contributed by atoms with Crippen LogP contribution in [0, 0.1) is 30.7 Å². The quantitative estimate of drug-likeness (QED) is 0.0622. The van der Waals surface area contributed by atoms with Gasteiger partial charge in [-0.3, -0.25) is 4.79 Å². The Labute approximate surface area is 320 Å². The number of nitrogens with zero attached hydrogens (tertiary/aromatic N) is 1. The van der Waals surface area contributed by atoms with Gasteiger partial charge < -0.3 is 5.11 Å². The van der Waals surface area contributed by atoms with Crippen molar-refractivity contribution in [2.24, 2.45) is 17.8 Å². The van der Waals surface area contributed by atoms with E-state index in [1.54, 1.807) is 9.82 Å². The fraction of sp³-hybridized carbons (Fsp3) is 0.467. The van der Waals surface area contributed by atoms with Crippen LogP contribution >= 0.6 is 0 Å². The molecule has 1 saturated carbocycles. The van der Waals surface area contributed by atoms with E-state index in [2.05, 4.69) is 75.4 Å². The van der Waals surface area contributed by atoms with E-state index in [-0.39, 0.29) is 58.0 Å².